The molecular weight excluding hydrogens is 426 g/mol. The summed E-state index contributed by atoms with van der Waals surface area (Å²) >= 11 is 0. The lowest BCUT2D eigenvalue weighted by molar-refractivity contribution is -0.121. The highest BCUT2D eigenvalue weighted by molar-refractivity contribution is 7.92. The Bertz CT molecular complexity index is 1010. The zero-order chi connectivity index (χ0) is 23.0. The fourth-order valence-electron chi connectivity index (χ4n) is 3.75. The highest BCUT2D eigenvalue weighted by atomic mass is 32.2. The summed E-state index contributed by atoms with van der Waals surface area (Å²) in [5.41, 5.74) is 3.94. The Balaban J connectivity index is 1.71. The first-order valence-electron chi connectivity index (χ1n) is 11.0. The average molecular weight is 458 g/mol. The number of nitrogens with one attached hydrogen (secondary N) is 1. The largest absolute Gasteiger partial charge is 0.457 e. The molecule has 3 rings (SSSR count). The molecule has 0 unspecified atom stereocenters. The Hall–Kier alpha value is -2.87. The number of carbonyl (C=O) groups excluding carboxylic acids is 1. The van der Waals surface area contributed by atoms with Gasteiger partial charge in [0.15, 0.2) is 0 Å². The summed E-state index contributed by atoms with van der Waals surface area (Å²) in [5.74, 6) is 0.789. The zero-order valence-electron chi connectivity index (χ0n) is 18.7. The quantitative estimate of drug-likeness (QED) is 0.602. The highest BCUT2D eigenvalue weighted by Crippen LogP contribution is 2.27. The standard InChI is InChI=1S/C24H31N3O4S/c1-19(24(28)26-25-20-11-7-4-3-5-8-12-20)27(32(2,29)30)21-15-17-23(18-16-21)31-22-13-9-6-10-14-22/h6,9-10,13-19H,3-5,7-8,11-12H2,1-2H3,(H,26,28)/t19-/m0/s1. The molecule has 1 saturated carbocycles. The third-order valence-electron chi connectivity index (χ3n) is 5.41. The molecule has 0 spiro atoms. The number of para-hydroxylation sites is 1. The number of anilines is 1. The molecule has 32 heavy (non-hydrogen) atoms. The Morgan fingerprint density at radius 3 is 2.09 bits per heavy atom. The van der Waals surface area contributed by atoms with Gasteiger partial charge in [0, 0.05) is 5.71 Å². The molecule has 0 bridgehead atoms. The van der Waals surface area contributed by atoms with Crippen molar-refractivity contribution in [1.29, 1.82) is 0 Å². The number of amides is 1. The van der Waals surface area contributed by atoms with E-state index in [0.717, 1.165) is 42.0 Å². The Kier molecular flexibility index (Phi) is 8.27. The Labute approximate surface area is 190 Å². The van der Waals surface area contributed by atoms with E-state index in [0.29, 0.717) is 17.2 Å². The van der Waals surface area contributed by atoms with Crippen LogP contribution in [0, 0.1) is 0 Å². The van der Waals surface area contributed by atoms with E-state index in [4.69, 9.17) is 4.74 Å². The van der Waals surface area contributed by atoms with Gasteiger partial charge in [-0.3, -0.25) is 9.10 Å². The molecule has 0 aliphatic heterocycles. The van der Waals surface area contributed by atoms with Crippen LogP contribution in [0.1, 0.15) is 51.9 Å². The summed E-state index contributed by atoms with van der Waals surface area (Å²) in [7, 11) is -3.70. The van der Waals surface area contributed by atoms with Crippen LogP contribution in [0.3, 0.4) is 0 Å². The van der Waals surface area contributed by atoms with Crippen LogP contribution in [0.2, 0.25) is 0 Å². The predicted molar refractivity (Wildman–Crippen MR) is 128 cm³/mol. The fourth-order valence-corrected chi connectivity index (χ4v) is 4.92. The lowest BCUT2D eigenvalue weighted by Gasteiger charge is -2.27. The van der Waals surface area contributed by atoms with E-state index >= 15 is 0 Å². The van der Waals surface area contributed by atoms with E-state index in [9.17, 15) is 13.2 Å². The van der Waals surface area contributed by atoms with Gasteiger partial charge in [-0.2, -0.15) is 5.10 Å². The van der Waals surface area contributed by atoms with Crippen LogP contribution >= 0.6 is 0 Å². The first-order chi connectivity index (χ1) is 15.3. The van der Waals surface area contributed by atoms with E-state index < -0.39 is 22.0 Å². The van der Waals surface area contributed by atoms with E-state index in [-0.39, 0.29) is 0 Å². The number of rotatable bonds is 7. The molecule has 1 amide bonds. The summed E-state index contributed by atoms with van der Waals surface area (Å²) in [6.45, 7) is 1.56. The van der Waals surface area contributed by atoms with Crippen LogP contribution < -0.4 is 14.5 Å². The maximum Gasteiger partial charge on any atom is 0.263 e. The number of hydrogen-bond donors (Lipinski definition) is 1. The topological polar surface area (TPSA) is 88.1 Å². The minimum Gasteiger partial charge on any atom is -0.457 e. The molecule has 0 heterocycles. The van der Waals surface area contributed by atoms with Gasteiger partial charge in [-0.05, 0) is 69.0 Å². The van der Waals surface area contributed by atoms with Crippen LogP contribution in [0.5, 0.6) is 11.5 Å². The van der Waals surface area contributed by atoms with E-state index in [2.05, 4.69) is 10.5 Å². The van der Waals surface area contributed by atoms with Crippen LogP contribution in [0.15, 0.2) is 59.7 Å². The SMILES string of the molecule is C[C@@H](C(=O)NN=C1CCCCCCC1)N(c1ccc(Oc2ccccc2)cc1)S(C)(=O)=O. The average Bonchev–Trinajstić information content (AvgIpc) is 2.74. The van der Waals surface area contributed by atoms with Crippen molar-refractivity contribution in [2.45, 2.75) is 57.9 Å². The smallest absolute Gasteiger partial charge is 0.263 e. The lowest BCUT2D eigenvalue weighted by atomic mass is 9.99. The van der Waals surface area contributed by atoms with Crippen LogP contribution in [0.4, 0.5) is 5.69 Å². The molecule has 8 heteroatoms. The first kappa shape index (κ1) is 23.8. The molecule has 0 aromatic heterocycles. The number of hydrazone groups is 1. The summed E-state index contributed by atoms with van der Waals surface area (Å²) in [6, 6.07) is 15.0. The third-order valence-corrected chi connectivity index (χ3v) is 6.66. The summed E-state index contributed by atoms with van der Waals surface area (Å²) in [5, 5.41) is 4.30. The van der Waals surface area contributed by atoms with Gasteiger partial charge >= 0.3 is 0 Å². The fraction of sp³-hybridized carbons (Fsp3) is 0.417. The van der Waals surface area contributed by atoms with Crippen molar-refractivity contribution in [2.24, 2.45) is 5.10 Å². The zero-order valence-corrected chi connectivity index (χ0v) is 19.5. The Morgan fingerprint density at radius 1 is 0.938 bits per heavy atom. The Morgan fingerprint density at radius 2 is 1.50 bits per heavy atom. The molecule has 1 fully saturated rings. The van der Waals surface area contributed by atoms with E-state index in [1.54, 1.807) is 31.2 Å². The first-order valence-corrected chi connectivity index (χ1v) is 12.9. The van der Waals surface area contributed by atoms with Crippen molar-refractivity contribution in [3.8, 4) is 11.5 Å². The van der Waals surface area contributed by atoms with Crippen LogP contribution in [0.25, 0.3) is 0 Å². The number of hydrogen-bond acceptors (Lipinski definition) is 5. The van der Waals surface area contributed by atoms with Gasteiger partial charge in [-0.1, -0.05) is 37.5 Å². The summed E-state index contributed by atoms with van der Waals surface area (Å²) in [4.78, 5) is 12.8. The molecule has 0 saturated heterocycles. The second kappa shape index (κ2) is 11.1. The van der Waals surface area contributed by atoms with Crippen molar-refractivity contribution >= 4 is 27.3 Å². The predicted octanol–water partition coefficient (Wildman–Crippen LogP) is 4.85. The van der Waals surface area contributed by atoms with Gasteiger partial charge in [0.05, 0.1) is 11.9 Å². The van der Waals surface area contributed by atoms with Crippen LogP contribution in [-0.2, 0) is 14.8 Å². The monoisotopic (exact) mass is 457 g/mol. The molecular formula is C24H31N3O4S. The molecule has 2 aromatic rings. The molecule has 1 aliphatic carbocycles. The molecule has 7 nitrogen and oxygen atoms in total. The van der Waals surface area contributed by atoms with Gasteiger partial charge in [0.1, 0.15) is 17.5 Å². The third kappa shape index (κ3) is 6.82. The number of nitrogens with zero attached hydrogens (tertiary/aromatic N) is 2. The van der Waals surface area contributed by atoms with Gasteiger partial charge in [-0.25, -0.2) is 13.8 Å². The molecule has 1 atom stereocenters. The minimum absolute atomic E-state index is 0.383. The van der Waals surface area contributed by atoms with E-state index in [1.165, 1.54) is 19.3 Å². The normalized spacial score (nSPS) is 15.8. The number of benzene rings is 2. The lowest BCUT2D eigenvalue weighted by Crippen LogP contribution is -2.46. The summed E-state index contributed by atoms with van der Waals surface area (Å²) in [6.07, 6.45) is 8.56. The highest BCUT2D eigenvalue weighted by Gasteiger charge is 2.29. The van der Waals surface area contributed by atoms with E-state index in [1.807, 2.05) is 30.3 Å². The van der Waals surface area contributed by atoms with Gasteiger partial charge < -0.3 is 4.74 Å². The van der Waals surface area contributed by atoms with Gasteiger partial charge in [-0.15, -0.1) is 0 Å². The van der Waals surface area contributed by atoms with Gasteiger partial charge in [0.2, 0.25) is 10.0 Å². The van der Waals surface area contributed by atoms with Crippen LogP contribution in [-0.4, -0.2) is 32.3 Å². The number of ether oxygens (including phenoxy) is 1. The minimum atomic E-state index is -3.70. The molecule has 1 N–H and O–H groups in total. The second-order valence-corrected chi connectivity index (χ2v) is 9.93. The molecule has 2 aromatic carbocycles. The van der Waals surface area contributed by atoms with Crippen molar-refractivity contribution in [2.75, 3.05) is 10.6 Å². The maximum absolute atomic E-state index is 12.8. The summed E-state index contributed by atoms with van der Waals surface area (Å²) < 4.78 is 31.9. The van der Waals surface area contributed by atoms with Crippen molar-refractivity contribution in [3.63, 3.8) is 0 Å². The number of carbonyl (C=O) groups is 1. The molecule has 172 valence electrons. The van der Waals surface area contributed by atoms with Gasteiger partial charge in [0.25, 0.3) is 5.91 Å². The second-order valence-electron chi connectivity index (χ2n) is 8.07. The molecule has 1 aliphatic rings. The van der Waals surface area contributed by atoms with Crippen molar-refractivity contribution in [3.05, 3.63) is 54.6 Å². The maximum atomic E-state index is 12.8. The number of sulfonamides is 1. The van der Waals surface area contributed by atoms with Crippen molar-refractivity contribution in [1.82, 2.24) is 5.43 Å². The molecule has 0 radical (unpaired) electrons. The van der Waals surface area contributed by atoms with Crippen molar-refractivity contribution < 1.29 is 17.9 Å².